The Kier molecular flexibility index (Phi) is 5.72. The van der Waals surface area contributed by atoms with Crippen molar-refractivity contribution in [1.29, 1.82) is 0 Å². The average molecular weight is 564 g/mol. The predicted molar refractivity (Wildman–Crippen MR) is 105 cm³/mol. The van der Waals surface area contributed by atoms with Crippen LogP contribution in [-0.2, 0) is 20.0 Å². The van der Waals surface area contributed by atoms with E-state index in [0.717, 1.165) is 7.35 Å². The van der Waals surface area contributed by atoms with Crippen LogP contribution >= 0.6 is 0 Å². The van der Waals surface area contributed by atoms with E-state index in [1.807, 2.05) is 0 Å². The molecule has 0 saturated carbocycles. The number of allylic oxidation sites excluding steroid dienone is 2. The van der Waals surface area contributed by atoms with Crippen LogP contribution in [0.5, 0.6) is 0 Å². The molecule has 1 aliphatic heterocycles. The molecule has 1 fully saturated rings. The third-order valence-electron chi connectivity index (χ3n) is 6.97. The second-order valence-electron chi connectivity index (χ2n) is 8.53. The van der Waals surface area contributed by atoms with Crippen molar-refractivity contribution in [3.8, 4) is 0 Å². The van der Waals surface area contributed by atoms with E-state index in [4.69, 9.17) is 0 Å². The average Bonchev–Trinajstić information content (AvgIpc) is 3.15. The summed E-state index contributed by atoms with van der Waals surface area (Å²) in [5, 5.41) is 0. The Balaban J connectivity index is 0.00000105. The van der Waals surface area contributed by atoms with Crippen LogP contribution in [-0.4, -0.2) is 0 Å². The fourth-order valence-corrected chi connectivity index (χ4v) is 34.1. The maximum atomic E-state index is 2.51. The maximum absolute atomic E-state index is 2.51. The summed E-state index contributed by atoms with van der Waals surface area (Å²) in [6.45, 7) is 9.38. The van der Waals surface area contributed by atoms with E-state index in [1.54, 1.807) is 41.8 Å². The molecule has 3 heteroatoms. The van der Waals surface area contributed by atoms with Crippen molar-refractivity contribution < 1.29 is 44.8 Å². The molecular weight excluding hydrogens is 538 g/mol. The third kappa shape index (κ3) is 2.96. The molecule has 2 aromatic carbocycles. The molecule has 2 aliphatic carbocycles. The Bertz CT molecular complexity index is 891. The van der Waals surface area contributed by atoms with Crippen LogP contribution in [0.25, 0.3) is 12.2 Å². The van der Waals surface area contributed by atoms with E-state index in [2.05, 4.69) is 76.2 Å². The van der Waals surface area contributed by atoms with Crippen LogP contribution in [0.1, 0.15) is 54.6 Å². The number of aryl methyl sites for hydroxylation is 2. The van der Waals surface area contributed by atoms with Crippen molar-refractivity contribution in [1.82, 2.24) is 0 Å². The van der Waals surface area contributed by atoms with Crippen LogP contribution in [0.2, 0.25) is 8.35 Å². The van der Waals surface area contributed by atoms with Gasteiger partial charge in [-0.15, -0.1) is 0 Å². The first-order chi connectivity index (χ1) is 12.0. The van der Waals surface area contributed by atoms with Gasteiger partial charge in [0.15, 0.2) is 0 Å². The van der Waals surface area contributed by atoms with E-state index in [1.165, 1.54) is 11.1 Å². The molecule has 3 aliphatic rings. The standard InChI is InChI=1S/2C11H11.C2H4.2ClH.Hf/c2*1-8-6-10-5-3-4-9(2)11(10)7-8;1-2;;;/h2*3-7H,1-2H3;1-2H2;2*1H;/q;;;;;+2/p-2. The van der Waals surface area contributed by atoms with Crippen molar-refractivity contribution in [2.45, 2.75) is 43.4 Å². The summed E-state index contributed by atoms with van der Waals surface area (Å²) in [6, 6.07) is 14.0. The Morgan fingerprint density at radius 3 is 1.44 bits per heavy atom. The van der Waals surface area contributed by atoms with Gasteiger partial charge >= 0.3 is 156 Å². The maximum Gasteiger partial charge on any atom is -1.00 e. The van der Waals surface area contributed by atoms with Gasteiger partial charge in [-0.05, 0) is 0 Å². The zero-order valence-electron chi connectivity index (χ0n) is 16.4. The zero-order chi connectivity index (χ0) is 17.3. The second-order valence-corrected chi connectivity index (χ2v) is 25.1. The zero-order valence-corrected chi connectivity index (χ0v) is 21.5. The van der Waals surface area contributed by atoms with E-state index in [0.29, 0.717) is 0 Å². The smallest absolute Gasteiger partial charge is 1.00 e. The van der Waals surface area contributed by atoms with Gasteiger partial charge in [-0.2, -0.15) is 0 Å². The molecule has 27 heavy (non-hydrogen) atoms. The number of benzene rings is 2. The summed E-state index contributed by atoms with van der Waals surface area (Å²) in [5.74, 6) is 0. The molecule has 5 rings (SSSR count). The summed E-state index contributed by atoms with van der Waals surface area (Å²) in [5.41, 5.74) is 12.7. The van der Waals surface area contributed by atoms with Crippen molar-refractivity contribution in [2.75, 3.05) is 0 Å². The number of halogens is 2. The van der Waals surface area contributed by atoms with Gasteiger partial charge in [-0.25, -0.2) is 0 Å². The molecule has 1 heterocycles. The topological polar surface area (TPSA) is 0 Å². The van der Waals surface area contributed by atoms with Crippen LogP contribution in [0.3, 0.4) is 0 Å². The Morgan fingerprint density at radius 1 is 0.667 bits per heavy atom. The normalized spacial score (nSPS) is 22.2. The monoisotopic (exact) mass is 564 g/mol. The predicted octanol–water partition coefficient (Wildman–Crippen LogP) is 0.932. The molecule has 0 amide bonds. The first kappa shape index (κ1) is 21.1. The number of hydrogen-bond donors (Lipinski definition) is 0. The van der Waals surface area contributed by atoms with Crippen LogP contribution in [0, 0.1) is 13.8 Å². The number of fused-ring (bicyclic) bond motifs is 2. The quantitative estimate of drug-likeness (QED) is 0.477. The van der Waals surface area contributed by atoms with Crippen LogP contribution < -0.4 is 24.8 Å². The van der Waals surface area contributed by atoms with Gasteiger partial charge in [-0.1, -0.05) is 0 Å². The summed E-state index contributed by atoms with van der Waals surface area (Å²) in [7, 11) is 0. The van der Waals surface area contributed by atoms with E-state index >= 15 is 0 Å². The molecule has 0 aromatic heterocycles. The minimum Gasteiger partial charge on any atom is -1.00 e. The summed E-state index contributed by atoms with van der Waals surface area (Å²) in [6.07, 6.45) is 5.03. The molecule has 0 nitrogen and oxygen atoms in total. The van der Waals surface area contributed by atoms with Gasteiger partial charge in [0.05, 0.1) is 0 Å². The van der Waals surface area contributed by atoms with Crippen LogP contribution in [0.4, 0.5) is 0 Å². The van der Waals surface area contributed by atoms with Crippen molar-refractivity contribution >= 4 is 12.2 Å². The Hall–Kier alpha value is -0.630. The molecule has 0 N–H and O–H groups in total. The van der Waals surface area contributed by atoms with Crippen molar-refractivity contribution in [3.05, 3.63) is 80.9 Å². The summed E-state index contributed by atoms with van der Waals surface area (Å²) >= 11 is -2.47. The summed E-state index contributed by atoms with van der Waals surface area (Å²) in [4.78, 5) is 0. The largest absolute Gasteiger partial charge is 1.00 e. The minimum atomic E-state index is -2.47. The number of hydrogen-bond acceptors (Lipinski definition) is 0. The Labute approximate surface area is 180 Å². The van der Waals surface area contributed by atoms with E-state index in [9.17, 15) is 0 Å². The van der Waals surface area contributed by atoms with Gasteiger partial charge < -0.3 is 24.8 Å². The molecule has 0 spiro atoms. The molecule has 2 aromatic rings. The third-order valence-corrected chi connectivity index (χ3v) is 26.7. The van der Waals surface area contributed by atoms with Gasteiger partial charge in [-0.3, -0.25) is 0 Å². The van der Waals surface area contributed by atoms with Crippen molar-refractivity contribution in [3.63, 3.8) is 0 Å². The molecular formula is C24H26Cl2Hf. The van der Waals surface area contributed by atoms with Crippen molar-refractivity contribution in [2.24, 2.45) is 0 Å². The second kappa shape index (κ2) is 7.32. The van der Waals surface area contributed by atoms with E-state index < -0.39 is 20.0 Å². The van der Waals surface area contributed by atoms with Gasteiger partial charge in [0.25, 0.3) is 0 Å². The molecule has 1 saturated heterocycles. The Morgan fingerprint density at radius 2 is 1.07 bits per heavy atom. The number of rotatable bonds is 2. The fourth-order valence-electron chi connectivity index (χ4n) is 5.83. The fraction of sp³-hybridized carbons (Fsp3) is 0.333. The first-order valence-corrected chi connectivity index (χ1v) is 18.8. The molecule has 2 unspecified atom stereocenters. The minimum absolute atomic E-state index is 0. The molecule has 2 atom stereocenters. The SMILES string of the molecule is CC1=Cc2c(C)cccc2[CH]1[Hf+2]1([CH]2C(C)=Cc3c(C)cccc32)[CH2][CH2]1.[Cl-].[Cl-]. The first-order valence-electron chi connectivity index (χ1n) is 9.58. The summed E-state index contributed by atoms with van der Waals surface area (Å²) < 4.78 is 4.75. The molecule has 0 bridgehead atoms. The molecule has 140 valence electrons. The van der Waals surface area contributed by atoms with Gasteiger partial charge in [0.1, 0.15) is 0 Å². The van der Waals surface area contributed by atoms with Gasteiger partial charge in [0.2, 0.25) is 0 Å². The molecule has 0 radical (unpaired) electrons. The van der Waals surface area contributed by atoms with Crippen LogP contribution in [0.15, 0.2) is 47.5 Å². The van der Waals surface area contributed by atoms with E-state index in [-0.39, 0.29) is 24.8 Å². The van der Waals surface area contributed by atoms with Gasteiger partial charge in [0, 0.05) is 0 Å².